The van der Waals surface area contributed by atoms with E-state index in [2.05, 4.69) is 5.32 Å². The molecule has 27 heavy (non-hydrogen) atoms. The topological polar surface area (TPSA) is 67.9 Å². The summed E-state index contributed by atoms with van der Waals surface area (Å²) in [4.78, 5) is 26.1. The molecule has 3 amide bonds. The summed E-state index contributed by atoms with van der Waals surface area (Å²) in [5.74, 6) is 0.544. The highest BCUT2D eigenvalue weighted by Gasteiger charge is 2.33. The van der Waals surface area contributed by atoms with Crippen molar-refractivity contribution < 1.29 is 19.1 Å². The fourth-order valence-corrected chi connectivity index (χ4v) is 3.05. The van der Waals surface area contributed by atoms with Gasteiger partial charge in [0.15, 0.2) is 11.5 Å². The molecule has 1 aliphatic heterocycles. The van der Waals surface area contributed by atoms with Crippen LogP contribution in [0.1, 0.15) is 16.7 Å². The number of carbonyl (C=O) groups is 2. The van der Waals surface area contributed by atoms with Gasteiger partial charge in [-0.05, 0) is 30.2 Å². The SMILES string of the molecule is COc1cc(Cl)c(/C=C2/NC(=O)N(Cc3cccc(C)c3)C2=O)cc1OC. The summed E-state index contributed by atoms with van der Waals surface area (Å²) in [5, 5.41) is 2.97. The van der Waals surface area contributed by atoms with E-state index in [1.54, 1.807) is 12.1 Å². The second-order valence-electron chi connectivity index (χ2n) is 6.10. The number of urea groups is 1. The Hall–Kier alpha value is -2.99. The van der Waals surface area contributed by atoms with Crippen LogP contribution in [0.3, 0.4) is 0 Å². The van der Waals surface area contributed by atoms with Gasteiger partial charge in [0.05, 0.1) is 25.8 Å². The number of nitrogens with one attached hydrogen (secondary N) is 1. The number of ether oxygens (including phenoxy) is 2. The van der Waals surface area contributed by atoms with Crippen molar-refractivity contribution in [3.8, 4) is 11.5 Å². The maximum atomic E-state index is 12.7. The first-order valence-electron chi connectivity index (χ1n) is 8.24. The molecular formula is C20H19ClN2O4. The van der Waals surface area contributed by atoms with Crippen LogP contribution in [0.5, 0.6) is 11.5 Å². The molecule has 0 aromatic heterocycles. The van der Waals surface area contributed by atoms with Crippen molar-refractivity contribution in [2.75, 3.05) is 14.2 Å². The lowest BCUT2D eigenvalue weighted by molar-refractivity contribution is -0.123. The molecular weight excluding hydrogens is 368 g/mol. The van der Waals surface area contributed by atoms with Gasteiger partial charge in [0.1, 0.15) is 5.70 Å². The van der Waals surface area contributed by atoms with Gasteiger partial charge in [-0.1, -0.05) is 41.4 Å². The molecule has 1 heterocycles. The van der Waals surface area contributed by atoms with Gasteiger partial charge in [-0.2, -0.15) is 0 Å². The van der Waals surface area contributed by atoms with E-state index in [0.29, 0.717) is 22.1 Å². The molecule has 140 valence electrons. The Morgan fingerprint density at radius 3 is 2.48 bits per heavy atom. The summed E-state index contributed by atoms with van der Waals surface area (Å²) >= 11 is 6.27. The molecule has 7 heteroatoms. The number of methoxy groups -OCH3 is 2. The van der Waals surface area contributed by atoms with Crippen LogP contribution in [0.2, 0.25) is 5.02 Å². The van der Waals surface area contributed by atoms with Crippen LogP contribution < -0.4 is 14.8 Å². The molecule has 0 radical (unpaired) electrons. The lowest BCUT2D eigenvalue weighted by Crippen LogP contribution is -2.30. The van der Waals surface area contributed by atoms with Gasteiger partial charge in [0.2, 0.25) is 0 Å². The van der Waals surface area contributed by atoms with E-state index in [1.165, 1.54) is 20.3 Å². The zero-order chi connectivity index (χ0) is 19.6. The van der Waals surface area contributed by atoms with Crippen molar-refractivity contribution in [2.24, 2.45) is 0 Å². The van der Waals surface area contributed by atoms with E-state index in [1.807, 2.05) is 31.2 Å². The maximum Gasteiger partial charge on any atom is 0.329 e. The fourth-order valence-electron chi connectivity index (χ4n) is 2.84. The third-order valence-electron chi connectivity index (χ3n) is 4.19. The number of amides is 3. The zero-order valence-electron chi connectivity index (χ0n) is 15.2. The van der Waals surface area contributed by atoms with E-state index < -0.39 is 11.9 Å². The molecule has 2 aromatic rings. The maximum absolute atomic E-state index is 12.7. The van der Waals surface area contributed by atoms with Crippen molar-refractivity contribution in [1.29, 1.82) is 0 Å². The molecule has 0 unspecified atom stereocenters. The number of halogens is 1. The molecule has 0 saturated carbocycles. The number of rotatable bonds is 5. The van der Waals surface area contributed by atoms with Gasteiger partial charge in [-0.3, -0.25) is 9.69 Å². The summed E-state index contributed by atoms with van der Waals surface area (Å²) in [6.07, 6.45) is 1.53. The quantitative estimate of drug-likeness (QED) is 0.627. The molecule has 1 saturated heterocycles. The van der Waals surface area contributed by atoms with E-state index in [4.69, 9.17) is 21.1 Å². The average molecular weight is 387 g/mol. The highest BCUT2D eigenvalue weighted by atomic mass is 35.5. The average Bonchev–Trinajstić information content (AvgIpc) is 2.90. The standard InChI is InChI=1S/C20H19ClN2O4/c1-12-5-4-6-13(7-12)11-23-19(24)16(22-20(23)25)8-14-9-17(26-2)18(27-3)10-15(14)21/h4-10H,11H2,1-3H3,(H,22,25)/b16-8+. The predicted octanol–water partition coefficient (Wildman–Crippen LogP) is 3.76. The first-order valence-corrected chi connectivity index (χ1v) is 8.62. The van der Waals surface area contributed by atoms with Crippen LogP contribution in [0.15, 0.2) is 42.1 Å². The zero-order valence-corrected chi connectivity index (χ0v) is 16.0. The van der Waals surface area contributed by atoms with Crippen LogP contribution >= 0.6 is 11.6 Å². The van der Waals surface area contributed by atoms with Gasteiger partial charge < -0.3 is 14.8 Å². The highest BCUT2D eigenvalue weighted by molar-refractivity contribution is 6.32. The summed E-state index contributed by atoms with van der Waals surface area (Å²) < 4.78 is 10.5. The predicted molar refractivity (Wildman–Crippen MR) is 103 cm³/mol. The Morgan fingerprint density at radius 1 is 1.11 bits per heavy atom. The Balaban J connectivity index is 1.88. The summed E-state index contributed by atoms with van der Waals surface area (Å²) in [7, 11) is 3.02. The van der Waals surface area contributed by atoms with Crippen molar-refractivity contribution in [1.82, 2.24) is 10.2 Å². The Kier molecular flexibility index (Phi) is 5.37. The van der Waals surface area contributed by atoms with E-state index in [9.17, 15) is 9.59 Å². The van der Waals surface area contributed by atoms with Crippen molar-refractivity contribution >= 4 is 29.6 Å². The van der Waals surface area contributed by atoms with Crippen LogP contribution in [0.25, 0.3) is 6.08 Å². The number of hydrogen-bond acceptors (Lipinski definition) is 4. The van der Waals surface area contributed by atoms with Gasteiger partial charge in [-0.25, -0.2) is 4.79 Å². The number of nitrogens with zero attached hydrogens (tertiary/aromatic N) is 1. The number of imide groups is 1. The number of hydrogen-bond donors (Lipinski definition) is 1. The smallest absolute Gasteiger partial charge is 0.329 e. The van der Waals surface area contributed by atoms with Crippen LogP contribution in [-0.4, -0.2) is 31.1 Å². The molecule has 1 fully saturated rings. The molecule has 1 aliphatic rings. The van der Waals surface area contributed by atoms with Crippen LogP contribution in [-0.2, 0) is 11.3 Å². The fraction of sp³-hybridized carbons (Fsp3) is 0.200. The third kappa shape index (κ3) is 3.90. The monoisotopic (exact) mass is 386 g/mol. The van der Waals surface area contributed by atoms with Crippen LogP contribution in [0.4, 0.5) is 4.79 Å². The molecule has 0 atom stereocenters. The Morgan fingerprint density at radius 2 is 1.81 bits per heavy atom. The van der Waals surface area contributed by atoms with Gasteiger partial charge in [0, 0.05) is 6.07 Å². The van der Waals surface area contributed by atoms with Crippen molar-refractivity contribution in [3.05, 3.63) is 63.8 Å². The molecule has 0 bridgehead atoms. The molecule has 2 aromatic carbocycles. The molecule has 0 aliphatic carbocycles. The number of benzene rings is 2. The van der Waals surface area contributed by atoms with Gasteiger partial charge in [0.25, 0.3) is 5.91 Å². The van der Waals surface area contributed by atoms with Gasteiger partial charge in [-0.15, -0.1) is 0 Å². The normalized spacial score (nSPS) is 15.3. The second kappa shape index (κ2) is 7.72. The van der Waals surface area contributed by atoms with Crippen LogP contribution in [0, 0.1) is 6.92 Å². The number of carbonyl (C=O) groups excluding carboxylic acids is 2. The Labute approximate surface area is 162 Å². The molecule has 6 nitrogen and oxygen atoms in total. The molecule has 1 N–H and O–H groups in total. The van der Waals surface area contributed by atoms with E-state index >= 15 is 0 Å². The highest BCUT2D eigenvalue weighted by Crippen LogP contribution is 2.34. The summed E-state index contributed by atoms with van der Waals surface area (Å²) in [6, 6.07) is 10.4. The van der Waals surface area contributed by atoms with Crippen molar-refractivity contribution in [3.63, 3.8) is 0 Å². The summed E-state index contributed by atoms with van der Waals surface area (Å²) in [5.41, 5.74) is 2.63. The van der Waals surface area contributed by atoms with E-state index in [0.717, 1.165) is 16.0 Å². The minimum Gasteiger partial charge on any atom is -0.493 e. The largest absolute Gasteiger partial charge is 0.493 e. The lowest BCUT2D eigenvalue weighted by Gasteiger charge is -2.12. The number of aryl methyl sites for hydroxylation is 1. The van der Waals surface area contributed by atoms with Gasteiger partial charge >= 0.3 is 6.03 Å². The third-order valence-corrected chi connectivity index (χ3v) is 4.52. The molecule has 0 spiro atoms. The first kappa shape index (κ1) is 18.8. The van der Waals surface area contributed by atoms with Crippen molar-refractivity contribution in [2.45, 2.75) is 13.5 Å². The van der Waals surface area contributed by atoms with E-state index in [-0.39, 0.29) is 12.2 Å². The summed E-state index contributed by atoms with van der Waals surface area (Å²) in [6.45, 7) is 2.16. The Bertz CT molecular complexity index is 940. The minimum absolute atomic E-state index is 0.154. The minimum atomic E-state index is -0.468. The lowest BCUT2D eigenvalue weighted by atomic mass is 10.1. The first-order chi connectivity index (χ1) is 12.9. The molecule has 3 rings (SSSR count). The second-order valence-corrected chi connectivity index (χ2v) is 6.50.